The molecule has 0 aromatic heterocycles. The molecule has 1 aliphatic heterocycles. The molecule has 47 heavy (non-hydrogen) atoms. The second-order valence-electron chi connectivity index (χ2n) is 12.0. The van der Waals surface area contributed by atoms with E-state index in [2.05, 4.69) is 16.8 Å². The first-order valence-electron chi connectivity index (χ1n) is 16.3. The number of piperazine rings is 1. The molecule has 1 fully saturated rings. The maximum absolute atomic E-state index is 11.8. The second kappa shape index (κ2) is 17.4. The fourth-order valence-corrected chi connectivity index (χ4v) is 5.78. The van der Waals surface area contributed by atoms with Crippen molar-refractivity contribution in [2.24, 2.45) is 0 Å². The minimum Gasteiger partial charge on any atom is -0.386 e. The lowest BCUT2D eigenvalue weighted by Crippen LogP contribution is -2.71. The van der Waals surface area contributed by atoms with E-state index in [1.54, 1.807) is 0 Å². The number of likely N-dealkylation sites (N-methyl/N-ethyl adjacent to an activating group) is 1. The maximum atomic E-state index is 11.8. The van der Waals surface area contributed by atoms with Crippen LogP contribution < -0.4 is 0 Å². The van der Waals surface area contributed by atoms with Crippen molar-refractivity contribution >= 4 is 6.29 Å². The standard InChI is InChI=1S/C39H46N2O6/c1-40-24-26-41(27-25-40)39(46-31-35-18-10-4-11-19-35,47-32-36-20-12-5-13-21-36)38(23-22-37(43)28-42,44-29-33-14-6-2-7-15-33)45-30-34-16-8-3-9-17-34/h2-21,28,37,43H,22-27,29-32H2,1H3. The Hall–Kier alpha value is -3.73. The summed E-state index contributed by atoms with van der Waals surface area (Å²) in [5.41, 5.74) is 3.80. The third kappa shape index (κ3) is 9.43. The van der Waals surface area contributed by atoms with Crippen molar-refractivity contribution in [1.29, 1.82) is 0 Å². The van der Waals surface area contributed by atoms with Gasteiger partial charge in [0.2, 0.25) is 5.79 Å². The van der Waals surface area contributed by atoms with Crippen molar-refractivity contribution in [3.05, 3.63) is 144 Å². The summed E-state index contributed by atoms with van der Waals surface area (Å²) < 4.78 is 28.2. The number of aliphatic hydroxyl groups is 1. The quantitative estimate of drug-likeness (QED) is 0.108. The lowest BCUT2D eigenvalue weighted by molar-refractivity contribution is -0.471. The number of benzene rings is 4. The van der Waals surface area contributed by atoms with Crippen molar-refractivity contribution in [3.8, 4) is 0 Å². The van der Waals surface area contributed by atoms with E-state index in [4.69, 9.17) is 18.9 Å². The topological polar surface area (TPSA) is 80.7 Å². The third-order valence-electron chi connectivity index (χ3n) is 8.51. The van der Waals surface area contributed by atoms with Crippen LogP contribution in [0.5, 0.6) is 0 Å². The predicted molar refractivity (Wildman–Crippen MR) is 181 cm³/mol. The van der Waals surface area contributed by atoms with Crippen LogP contribution in [0.25, 0.3) is 0 Å². The van der Waals surface area contributed by atoms with Crippen molar-refractivity contribution in [2.75, 3.05) is 33.2 Å². The number of rotatable bonds is 18. The number of aliphatic hydroxyl groups excluding tert-OH is 1. The molecule has 8 heteroatoms. The van der Waals surface area contributed by atoms with Crippen LogP contribution in [0.2, 0.25) is 0 Å². The number of ether oxygens (including phenoxy) is 4. The van der Waals surface area contributed by atoms with Gasteiger partial charge in [-0.3, -0.25) is 0 Å². The third-order valence-corrected chi connectivity index (χ3v) is 8.51. The highest BCUT2D eigenvalue weighted by Gasteiger charge is 2.61. The van der Waals surface area contributed by atoms with Crippen LogP contribution in [0.4, 0.5) is 0 Å². The SMILES string of the molecule is CN1CCN(C(OCc2ccccc2)(OCc2ccccc2)C(CCC(O)C=O)(OCc2ccccc2)OCc2ccccc2)CC1. The normalized spacial score (nSPS) is 15.4. The average molecular weight is 639 g/mol. The summed E-state index contributed by atoms with van der Waals surface area (Å²) in [6, 6.07) is 39.7. The van der Waals surface area contributed by atoms with Crippen LogP contribution in [0, 0.1) is 0 Å². The lowest BCUT2D eigenvalue weighted by Gasteiger charge is -2.54. The smallest absolute Gasteiger partial charge is 0.287 e. The minimum atomic E-state index is -1.60. The summed E-state index contributed by atoms with van der Waals surface area (Å²) in [4.78, 5) is 16.2. The molecule has 1 unspecified atom stereocenters. The van der Waals surface area contributed by atoms with Crippen molar-refractivity contribution in [2.45, 2.75) is 57.1 Å². The van der Waals surface area contributed by atoms with E-state index in [0.29, 0.717) is 19.4 Å². The number of carbonyl (C=O) groups excluding carboxylic acids is 1. The van der Waals surface area contributed by atoms with Gasteiger partial charge in [0.25, 0.3) is 5.91 Å². The van der Waals surface area contributed by atoms with E-state index in [0.717, 1.165) is 35.3 Å². The first kappa shape index (κ1) is 34.6. The largest absolute Gasteiger partial charge is 0.386 e. The Morgan fingerprint density at radius 2 is 0.979 bits per heavy atom. The summed E-state index contributed by atoms with van der Waals surface area (Å²) in [7, 11) is 2.10. The summed E-state index contributed by atoms with van der Waals surface area (Å²) in [5, 5.41) is 10.6. The lowest BCUT2D eigenvalue weighted by atomic mass is 9.99. The molecule has 0 spiro atoms. The summed E-state index contributed by atoms with van der Waals surface area (Å²) in [5.74, 6) is -3.19. The van der Waals surface area contributed by atoms with Gasteiger partial charge in [0.15, 0.2) is 0 Å². The Bertz CT molecular complexity index is 1360. The average Bonchev–Trinajstić information content (AvgIpc) is 3.14. The highest BCUT2D eigenvalue weighted by Crippen LogP contribution is 2.43. The Morgan fingerprint density at radius 1 is 0.617 bits per heavy atom. The van der Waals surface area contributed by atoms with E-state index in [1.165, 1.54) is 0 Å². The van der Waals surface area contributed by atoms with Gasteiger partial charge in [-0.05, 0) is 35.7 Å². The molecule has 1 aliphatic rings. The van der Waals surface area contributed by atoms with Crippen molar-refractivity contribution in [1.82, 2.24) is 9.80 Å². The van der Waals surface area contributed by atoms with E-state index in [-0.39, 0.29) is 39.3 Å². The molecule has 4 aromatic rings. The fraction of sp³-hybridized carbons (Fsp3) is 0.359. The molecule has 4 aromatic carbocycles. The number of carbonyl (C=O) groups is 1. The van der Waals surface area contributed by atoms with E-state index >= 15 is 0 Å². The Labute approximate surface area is 278 Å². The highest BCUT2D eigenvalue weighted by atomic mass is 16.8. The molecule has 0 aliphatic carbocycles. The van der Waals surface area contributed by atoms with Crippen molar-refractivity contribution < 1.29 is 28.8 Å². The maximum Gasteiger partial charge on any atom is 0.287 e. The van der Waals surface area contributed by atoms with Crippen LogP contribution >= 0.6 is 0 Å². The van der Waals surface area contributed by atoms with Gasteiger partial charge in [0.05, 0.1) is 26.4 Å². The highest BCUT2D eigenvalue weighted by molar-refractivity contribution is 5.55. The summed E-state index contributed by atoms with van der Waals surface area (Å²) in [6.07, 6.45) is -0.482. The zero-order valence-corrected chi connectivity index (χ0v) is 27.2. The Kier molecular flexibility index (Phi) is 12.8. The van der Waals surface area contributed by atoms with Gasteiger partial charge < -0.3 is 33.7 Å². The van der Waals surface area contributed by atoms with Gasteiger partial charge in [-0.25, -0.2) is 4.90 Å². The molecule has 1 atom stereocenters. The van der Waals surface area contributed by atoms with Gasteiger partial charge in [0.1, 0.15) is 12.4 Å². The van der Waals surface area contributed by atoms with E-state index in [1.807, 2.05) is 121 Å². The van der Waals surface area contributed by atoms with Gasteiger partial charge in [0, 0.05) is 32.6 Å². The minimum absolute atomic E-state index is 0.0754. The van der Waals surface area contributed by atoms with Gasteiger partial charge >= 0.3 is 0 Å². The van der Waals surface area contributed by atoms with Crippen LogP contribution in [0.3, 0.4) is 0 Å². The molecule has 0 saturated carbocycles. The number of aldehydes is 1. The van der Waals surface area contributed by atoms with Crippen LogP contribution in [0.1, 0.15) is 35.1 Å². The zero-order chi connectivity index (χ0) is 32.8. The molecule has 0 bridgehead atoms. The molecule has 1 N–H and O–H groups in total. The predicted octanol–water partition coefficient (Wildman–Crippen LogP) is 5.79. The van der Waals surface area contributed by atoms with Gasteiger partial charge in [-0.15, -0.1) is 0 Å². The van der Waals surface area contributed by atoms with E-state index in [9.17, 15) is 9.90 Å². The fourth-order valence-electron chi connectivity index (χ4n) is 5.78. The molecular weight excluding hydrogens is 592 g/mol. The molecular formula is C39H46N2O6. The van der Waals surface area contributed by atoms with Crippen LogP contribution in [-0.4, -0.2) is 72.2 Å². The monoisotopic (exact) mass is 638 g/mol. The van der Waals surface area contributed by atoms with Gasteiger partial charge in [-0.2, -0.15) is 0 Å². The molecule has 248 valence electrons. The molecule has 0 amide bonds. The first-order chi connectivity index (χ1) is 23.0. The second-order valence-corrected chi connectivity index (χ2v) is 12.0. The number of nitrogens with zero attached hydrogens (tertiary/aromatic N) is 2. The van der Waals surface area contributed by atoms with Gasteiger partial charge in [-0.1, -0.05) is 121 Å². The van der Waals surface area contributed by atoms with Crippen molar-refractivity contribution in [3.63, 3.8) is 0 Å². The Balaban J connectivity index is 1.66. The molecule has 1 saturated heterocycles. The zero-order valence-electron chi connectivity index (χ0n) is 27.2. The van der Waals surface area contributed by atoms with Crippen LogP contribution in [0.15, 0.2) is 121 Å². The summed E-state index contributed by atoms with van der Waals surface area (Å²) in [6.45, 7) is 3.57. The molecule has 5 rings (SSSR count). The number of hydrogen-bond acceptors (Lipinski definition) is 8. The molecule has 1 heterocycles. The van der Waals surface area contributed by atoms with Crippen LogP contribution in [-0.2, 0) is 50.2 Å². The summed E-state index contributed by atoms with van der Waals surface area (Å²) >= 11 is 0. The van der Waals surface area contributed by atoms with E-state index < -0.39 is 17.8 Å². The number of hydrogen-bond donors (Lipinski definition) is 1. The first-order valence-corrected chi connectivity index (χ1v) is 16.3. The Morgan fingerprint density at radius 3 is 1.34 bits per heavy atom. The molecule has 8 nitrogen and oxygen atoms in total. The molecule has 0 radical (unpaired) electrons.